The van der Waals surface area contributed by atoms with Gasteiger partial charge in [-0.2, -0.15) is 0 Å². The molecule has 82 valence electrons. The third-order valence-corrected chi connectivity index (χ3v) is 1.96. The van der Waals surface area contributed by atoms with Crippen LogP contribution in [0, 0.1) is 0 Å². The maximum atomic E-state index is 11.6. The maximum absolute atomic E-state index is 11.6. The lowest BCUT2D eigenvalue weighted by molar-refractivity contribution is -0.114. The molecule has 0 aliphatic rings. The largest absolute Gasteiger partial charge is 0.499 e. The molecule has 2 N–H and O–H groups in total. The number of hydrogen-bond acceptors (Lipinski definition) is 5. The predicted octanol–water partition coefficient (Wildman–Crippen LogP) is 0.106. The number of rotatable bonds is 5. The molecule has 0 bridgehead atoms. The molecule has 0 aromatic carbocycles. The molecule has 5 heteroatoms. The molecule has 0 spiro atoms. The van der Waals surface area contributed by atoms with E-state index in [9.17, 15) is 14.4 Å². The van der Waals surface area contributed by atoms with Crippen molar-refractivity contribution in [2.45, 2.75) is 13.8 Å². The Labute approximate surface area is 87.6 Å². The summed E-state index contributed by atoms with van der Waals surface area (Å²) in [6.07, 6.45) is 0.630. The van der Waals surface area contributed by atoms with Crippen molar-refractivity contribution in [3.05, 3.63) is 22.6 Å². The summed E-state index contributed by atoms with van der Waals surface area (Å²) < 4.78 is 4.76. The average molecular weight is 211 g/mol. The van der Waals surface area contributed by atoms with E-state index >= 15 is 0 Å². The molecular weight excluding hydrogens is 198 g/mol. The molecule has 0 atom stereocenters. The van der Waals surface area contributed by atoms with Gasteiger partial charge in [0.2, 0.25) is 5.78 Å². The van der Waals surface area contributed by atoms with Gasteiger partial charge in [-0.15, -0.1) is 0 Å². The van der Waals surface area contributed by atoms with Crippen LogP contribution in [0.1, 0.15) is 13.8 Å². The first kappa shape index (κ1) is 13.1. The van der Waals surface area contributed by atoms with Crippen molar-refractivity contribution < 1.29 is 19.1 Å². The zero-order valence-corrected chi connectivity index (χ0v) is 8.87. The second-order valence-electron chi connectivity index (χ2n) is 2.82. The molecule has 5 nitrogen and oxygen atoms in total. The van der Waals surface area contributed by atoms with E-state index in [4.69, 9.17) is 10.5 Å². The number of carbonyl (C=O) groups is 3. The lowest BCUT2D eigenvalue weighted by Crippen LogP contribution is -2.17. The fourth-order valence-electron chi connectivity index (χ4n) is 0.807. The van der Waals surface area contributed by atoms with Crippen molar-refractivity contribution in [1.82, 2.24) is 0 Å². The minimum Gasteiger partial charge on any atom is -0.499 e. The number of methoxy groups -OCH3 is 1. The summed E-state index contributed by atoms with van der Waals surface area (Å²) in [5, 5.41) is 0. The van der Waals surface area contributed by atoms with Crippen molar-refractivity contribution in [3.8, 4) is 0 Å². The zero-order chi connectivity index (χ0) is 12.0. The van der Waals surface area contributed by atoms with Crippen LogP contribution < -0.4 is 5.73 Å². The molecule has 0 aliphatic carbocycles. The van der Waals surface area contributed by atoms with Gasteiger partial charge in [0.15, 0.2) is 12.6 Å². The van der Waals surface area contributed by atoms with E-state index in [0.29, 0.717) is 12.6 Å². The van der Waals surface area contributed by atoms with E-state index in [1.807, 2.05) is 0 Å². The standard InChI is InChI=1S/C10H13NO4/c1-6(8(4-12)5-13)10(14)9(11)7(2)15-3/h4-5H,11H2,1-3H3/b9-7-. The van der Waals surface area contributed by atoms with Crippen LogP contribution in [0.15, 0.2) is 22.6 Å². The van der Waals surface area contributed by atoms with Crippen molar-refractivity contribution >= 4 is 18.4 Å². The highest BCUT2D eigenvalue weighted by atomic mass is 16.5. The Morgan fingerprint density at radius 2 is 1.67 bits per heavy atom. The molecule has 15 heavy (non-hydrogen) atoms. The van der Waals surface area contributed by atoms with Crippen LogP contribution in [-0.4, -0.2) is 25.5 Å². The van der Waals surface area contributed by atoms with Crippen LogP contribution in [0.4, 0.5) is 0 Å². The quantitative estimate of drug-likeness (QED) is 0.229. The summed E-state index contributed by atoms with van der Waals surface area (Å²) >= 11 is 0. The summed E-state index contributed by atoms with van der Waals surface area (Å²) in [7, 11) is 1.37. The highest BCUT2D eigenvalue weighted by molar-refractivity contribution is 6.15. The van der Waals surface area contributed by atoms with E-state index in [1.54, 1.807) is 0 Å². The van der Waals surface area contributed by atoms with Gasteiger partial charge in [0, 0.05) is 5.57 Å². The van der Waals surface area contributed by atoms with E-state index in [0.717, 1.165) is 0 Å². The number of aldehydes is 2. The van der Waals surface area contributed by atoms with Crippen LogP contribution in [-0.2, 0) is 19.1 Å². The summed E-state index contributed by atoms with van der Waals surface area (Å²) in [6.45, 7) is 2.87. The number of Topliss-reactive ketones (excluding diaryl/α,β-unsaturated/α-hetero) is 1. The van der Waals surface area contributed by atoms with Crippen molar-refractivity contribution in [1.29, 1.82) is 0 Å². The zero-order valence-electron chi connectivity index (χ0n) is 8.87. The minimum atomic E-state index is -0.580. The molecule has 0 aromatic heterocycles. The molecule has 0 saturated carbocycles. The second-order valence-corrected chi connectivity index (χ2v) is 2.82. The topological polar surface area (TPSA) is 86.5 Å². The number of nitrogens with two attached hydrogens (primary N) is 1. The van der Waals surface area contributed by atoms with Crippen LogP contribution in [0.3, 0.4) is 0 Å². The average Bonchev–Trinajstić information content (AvgIpc) is 2.27. The van der Waals surface area contributed by atoms with Gasteiger partial charge in [0.1, 0.15) is 11.5 Å². The number of ketones is 1. The van der Waals surface area contributed by atoms with Crippen molar-refractivity contribution in [2.75, 3.05) is 7.11 Å². The lowest BCUT2D eigenvalue weighted by Gasteiger charge is -2.06. The first-order valence-electron chi connectivity index (χ1n) is 4.15. The normalized spacial score (nSPS) is 11.1. The number of hydrogen-bond donors (Lipinski definition) is 1. The Balaban J connectivity index is 5.29. The predicted molar refractivity (Wildman–Crippen MR) is 53.7 cm³/mol. The molecule has 0 saturated heterocycles. The Morgan fingerprint density at radius 3 is 2.00 bits per heavy atom. The van der Waals surface area contributed by atoms with Gasteiger partial charge in [-0.3, -0.25) is 14.4 Å². The number of ether oxygens (including phenoxy) is 1. The minimum absolute atomic E-state index is 0.00824. The molecule has 0 amide bonds. The number of allylic oxidation sites excluding steroid dienone is 3. The Hall–Kier alpha value is -1.91. The van der Waals surface area contributed by atoms with Gasteiger partial charge in [0.25, 0.3) is 0 Å². The first-order valence-corrected chi connectivity index (χ1v) is 4.15. The molecule has 0 aromatic rings. The summed E-state index contributed by atoms with van der Waals surface area (Å²) in [6, 6.07) is 0. The molecule has 0 aliphatic heterocycles. The number of carbonyl (C=O) groups excluding carboxylic acids is 3. The smallest absolute Gasteiger partial charge is 0.208 e. The SMILES string of the molecule is CO/C(C)=C(\N)C(=O)C(C)=C(C=O)C=O. The molecule has 0 heterocycles. The molecular formula is C10H13NO4. The first-order chi connectivity index (χ1) is 6.99. The van der Waals surface area contributed by atoms with E-state index in [1.165, 1.54) is 21.0 Å². The third kappa shape index (κ3) is 3.05. The Bertz CT molecular complexity index is 342. The molecule has 0 rings (SSSR count). The van der Waals surface area contributed by atoms with Gasteiger partial charge in [-0.25, -0.2) is 0 Å². The van der Waals surface area contributed by atoms with Gasteiger partial charge < -0.3 is 10.5 Å². The van der Waals surface area contributed by atoms with Crippen molar-refractivity contribution in [2.24, 2.45) is 5.73 Å². The van der Waals surface area contributed by atoms with Crippen LogP contribution in [0.5, 0.6) is 0 Å². The summed E-state index contributed by atoms with van der Waals surface area (Å²) in [5.74, 6) is -0.334. The molecule has 0 unspecified atom stereocenters. The summed E-state index contributed by atoms with van der Waals surface area (Å²) in [4.78, 5) is 32.4. The van der Waals surface area contributed by atoms with E-state index in [-0.39, 0.29) is 22.6 Å². The lowest BCUT2D eigenvalue weighted by atomic mass is 10.1. The van der Waals surface area contributed by atoms with E-state index in [2.05, 4.69) is 0 Å². The highest BCUT2D eigenvalue weighted by Crippen LogP contribution is 2.08. The Kier molecular flexibility index (Phi) is 5.01. The van der Waals surface area contributed by atoms with Crippen LogP contribution in [0.25, 0.3) is 0 Å². The van der Waals surface area contributed by atoms with E-state index < -0.39 is 5.78 Å². The van der Waals surface area contributed by atoms with Gasteiger partial charge in [0.05, 0.1) is 12.7 Å². The van der Waals surface area contributed by atoms with Gasteiger partial charge in [-0.1, -0.05) is 0 Å². The maximum Gasteiger partial charge on any atom is 0.208 e. The van der Waals surface area contributed by atoms with Gasteiger partial charge >= 0.3 is 0 Å². The fraction of sp³-hybridized carbons (Fsp3) is 0.300. The van der Waals surface area contributed by atoms with Crippen LogP contribution in [0.2, 0.25) is 0 Å². The second kappa shape index (κ2) is 5.74. The van der Waals surface area contributed by atoms with Gasteiger partial charge in [-0.05, 0) is 13.8 Å². The monoisotopic (exact) mass is 211 g/mol. The fourth-order valence-corrected chi connectivity index (χ4v) is 0.807. The molecule has 0 fully saturated rings. The summed E-state index contributed by atoms with van der Waals surface area (Å²) in [5.41, 5.74) is 5.14. The Morgan fingerprint density at radius 1 is 1.20 bits per heavy atom. The van der Waals surface area contributed by atoms with Crippen LogP contribution >= 0.6 is 0 Å². The third-order valence-electron chi connectivity index (χ3n) is 1.96. The van der Waals surface area contributed by atoms with Crippen molar-refractivity contribution in [3.63, 3.8) is 0 Å². The highest BCUT2D eigenvalue weighted by Gasteiger charge is 2.15. The molecule has 0 radical (unpaired) electrons.